The van der Waals surface area contributed by atoms with Crippen molar-refractivity contribution in [3.05, 3.63) is 17.7 Å². The van der Waals surface area contributed by atoms with Crippen LogP contribution >= 0.6 is 0 Å². The second-order valence-corrected chi connectivity index (χ2v) is 5.42. The van der Waals surface area contributed by atoms with E-state index in [0.717, 1.165) is 45.6 Å². The molecule has 1 amide bonds. The average molecular weight is 262 g/mol. The molecule has 1 aliphatic heterocycles. The van der Waals surface area contributed by atoms with E-state index in [2.05, 4.69) is 14.9 Å². The highest BCUT2D eigenvalue weighted by Crippen LogP contribution is 2.20. The fraction of sp³-hybridized carbons (Fsp3) is 0.714. The molecule has 1 fully saturated rings. The van der Waals surface area contributed by atoms with Gasteiger partial charge < -0.3 is 14.8 Å². The predicted molar refractivity (Wildman–Crippen MR) is 72.9 cm³/mol. The van der Waals surface area contributed by atoms with Gasteiger partial charge in [-0.15, -0.1) is 0 Å². The van der Waals surface area contributed by atoms with Gasteiger partial charge in [0.05, 0.1) is 12.0 Å². The maximum absolute atomic E-state index is 12.1. The van der Waals surface area contributed by atoms with E-state index in [9.17, 15) is 4.79 Å². The minimum atomic E-state index is 0.278. The minimum absolute atomic E-state index is 0.278. The van der Waals surface area contributed by atoms with Crippen LogP contribution in [0.15, 0.2) is 6.33 Å². The van der Waals surface area contributed by atoms with Gasteiger partial charge in [-0.1, -0.05) is 0 Å². The Morgan fingerprint density at radius 3 is 2.89 bits per heavy atom. The van der Waals surface area contributed by atoms with Crippen LogP contribution in [0.5, 0.6) is 0 Å². The normalized spacial score (nSPS) is 19.3. The summed E-state index contributed by atoms with van der Waals surface area (Å²) in [6.07, 6.45) is 7.25. The van der Waals surface area contributed by atoms with Gasteiger partial charge in [0.2, 0.25) is 5.91 Å². The molecule has 0 atom stereocenters. The lowest BCUT2D eigenvalue weighted by Gasteiger charge is -2.27. The van der Waals surface area contributed by atoms with E-state index in [1.165, 1.54) is 24.2 Å². The smallest absolute Gasteiger partial charge is 0.224 e. The van der Waals surface area contributed by atoms with E-state index in [1.54, 1.807) is 0 Å². The molecular weight excluding hydrogens is 240 g/mol. The maximum Gasteiger partial charge on any atom is 0.224 e. The van der Waals surface area contributed by atoms with Gasteiger partial charge >= 0.3 is 0 Å². The number of fused-ring (bicyclic) bond motifs is 1. The first-order valence-electron chi connectivity index (χ1n) is 7.36. The summed E-state index contributed by atoms with van der Waals surface area (Å²) in [4.78, 5) is 18.6. The predicted octanol–water partition coefficient (Wildman–Crippen LogP) is 0.584. The highest BCUT2D eigenvalue weighted by Gasteiger charge is 2.18. The Bertz CT molecular complexity index is 448. The van der Waals surface area contributed by atoms with Crippen LogP contribution in [0, 0.1) is 0 Å². The van der Waals surface area contributed by atoms with E-state index < -0.39 is 0 Å². The van der Waals surface area contributed by atoms with Gasteiger partial charge in [-0.2, -0.15) is 0 Å². The number of nitrogens with one attached hydrogen (secondary N) is 1. The van der Waals surface area contributed by atoms with Gasteiger partial charge in [0.15, 0.2) is 0 Å². The Labute approximate surface area is 114 Å². The van der Waals surface area contributed by atoms with Crippen LogP contribution in [0.1, 0.15) is 30.7 Å². The van der Waals surface area contributed by atoms with Crippen molar-refractivity contribution in [1.82, 2.24) is 19.8 Å². The summed E-state index contributed by atoms with van der Waals surface area (Å²) in [5.41, 5.74) is 2.61. The molecule has 0 radical (unpaired) electrons. The van der Waals surface area contributed by atoms with Gasteiger partial charge in [-0.25, -0.2) is 4.98 Å². The molecule has 0 saturated carbocycles. The molecule has 1 aromatic heterocycles. The first-order chi connectivity index (χ1) is 9.34. The van der Waals surface area contributed by atoms with Crippen LogP contribution in [-0.2, 0) is 24.2 Å². The molecule has 0 unspecified atom stereocenters. The molecule has 0 spiro atoms. The standard InChI is InChI=1S/C14H22N4O/c19-14(17-9-6-15-7-10-17)5-8-18-11-16-12-3-1-2-4-13(12)18/h11,15H,1-10H2. The van der Waals surface area contributed by atoms with Crippen molar-refractivity contribution >= 4 is 5.91 Å². The molecule has 5 heteroatoms. The Balaban J connectivity index is 1.57. The zero-order valence-corrected chi connectivity index (χ0v) is 11.4. The number of imidazole rings is 1. The largest absolute Gasteiger partial charge is 0.340 e. The van der Waals surface area contributed by atoms with Crippen molar-refractivity contribution in [2.24, 2.45) is 0 Å². The summed E-state index contributed by atoms with van der Waals surface area (Å²) < 4.78 is 2.19. The Morgan fingerprint density at radius 1 is 1.26 bits per heavy atom. The summed E-state index contributed by atoms with van der Waals surface area (Å²) in [6, 6.07) is 0. The lowest BCUT2D eigenvalue weighted by Crippen LogP contribution is -2.46. The summed E-state index contributed by atoms with van der Waals surface area (Å²) >= 11 is 0. The molecule has 1 saturated heterocycles. The number of carbonyl (C=O) groups is 1. The lowest BCUT2D eigenvalue weighted by molar-refractivity contribution is -0.132. The van der Waals surface area contributed by atoms with E-state index in [0.29, 0.717) is 6.42 Å². The third kappa shape index (κ3) is 2.81. The molecule has 2 aliphatic rings. The zero-order chi connectivity index (χ0) is 13.1. The molecule has 1 aliphatic carbocycles. The summed E-state index contributed by atoms with van der Waals surface area (Å²) in [5.74, 6) is 0.278. The number of aromatic nitrogens is 2. The molecule has 0 aromatic carbocycles. The number of nitrogens with zero attached hydrogens (tertiary/aromatic N) is 3. The number of piperazine rings is 1. The van der Waals surface area contributed by atoms with Crippen molar-refractivity contribution < 1.29 is 4.79 Å². The minimum Gasteiger partial charge on any atom is -0.340 e. The molecule has 3 rings (SSSR count). The van der Waals surface area contributed by atoms with Gasteiger partial charge in [0, 0.05) is 44.8 Å². The quantitative estimate of drug-likeness (QED) is 0.867. The maximum atomic E-state index is 12.1. The number of hydrogen-bond donors (Lipinski definition) is 1. The van der Waals surface area contributed by atoms with Crippen molar-refractivity contribution in [3.8, 4) is 0 Å². The Morgan fingerprint density at radius 2 is 2.05 bits per heavy atom. The zero-order valence-electron chi connectivity index (χ0n) is 11.4. The lowest BCUT2D eigenvalue weighted by atomic mass is 10.0. The van der Waals surface area contributed by atoms with Crippen LogP contribution in [0.25, 0.3) is 0 Å². The van der Waals surface area contributed by atoms with Crippen molar-refractivity contribution in [2.45, 2.75) is 38.6 Å². The van der Waals surface area contributed by atoms with Crippen LogP contribution in [-0.4, -0.2) is 46.5 Å². The summed E-state index contributed by atoms with van der Waals surface area (Å²) in [5, 5.41) is 3.27. The van der Waals surface area contributed by atoms with Crippen molar-refractivity contribution in [1.29, 1.82) is 0 Å². The molecule has 1 N–H and O–H groups in total. The molecule has 19 heavy (non-hydrogen) atoms. The van der Waals surface area contributed by atoms with E-state index >= 15 is 0 Å². The number of amides is 1. The van der Waals surface area contributed by atoms with Crippen LogP contribution in [0.3, 0.4) is 0 Å². The Hall–Kier alpha value is -1.36. The molecule has 5 nitrogen and oxygen atoms in total. The number of carbonyl (C=O) groups excluding carboxylic acids is 1. The fourth-order valence-corrected chi connectivity index (χ4v) is 3.01. The highest BCUT2D eigenvalue weighted by molar-refractivity contribution is 5.76. The van der Waals surface area contributed by atoms with E-state index in [4.69, 9.17) is 0 Å². The van der Waals surface area contributed by atoms with E-state index in [-0.39, 0.29) is 5.91 Å². The van der Waals surface area contributed by atoms with Gasteiger partial charge in [-0.3, -0.25) is 4.79 Å². The summed E-state index contributed by atoms with van der Waals surface area (Å²) in [6.45, 7) is 4.32. The SMILES string of the molecule is O=C(CCn1cnc2c1CCCC2)N1CCNCC1. The molecule has 1 aromatic rings. The van der Waals surface area contributed by atoms with Crippen LogP contribution in [0.4, 0.5) is 0 Å². The average Bonchev–Trinajstić information content (AvgIpc) is 2.89. The second kappa shape index (κ2) is 5.74. The second-order valence-electron chi connectivity index (χ2n) is 5.42. The topological polar surface area (TPSA) is 50.2 Å². The fourth-order valence-electron chi connectivity index (χ4n) is 3.01. The monoisotopic (exact) mass is 262 g/mol. The van der Waals surface area contributed by atoms with Crippen molar-refractivity contribution in [2.75, 3.05) is 26.2 Å². The first-order valence-corrected chi connectivity index (χ1v) is 7.36. The van der Waals surface area contributed by atoms with E-state index in [1.807, 2.05) is 11.2 Å². The third-order valence-electron chi connectivity index (χ3n) is 4.15. The van der Waals surface area contributed by atoms with Gasteiger partial charge in [0.25, 0.3) is 0 Å². The number of rotatable bonds is 3. The van der Waals surface area contributed by atoms with Gasteiger partial charge in [0.1, 0.15) is 0 Å². The summed E-state index contributed by atoms with van der Waals surface area (Å²) in [7, 11) is 0. The Kier molecular flexibility index (Phi) is 3.82. The molecule has 104 valence electrons. The van der Waals surface area contributed by atoms with Crippen molar-refractivity contribution in [3.63, 3.8) is 0 Å². The molecule has 0 bridgehead atoms. The molecular formula is C14H22N4O. The van der Waals surface area contributed by atoms with Gasteiger partial charge in [-0.05, 0) is 25.7 Å². The van der Waals surface area contributed by atoms with Crippen LogP contribution < -0.4 is 5.32 Å². The first kappa shape index (κ1) is 12.7. The highest BCUT2D eigenvalue weighted by atomic mass is 16.2. The van der Waals surface area contributed by atoms with Crippen LogP contribution in [0.2, 0.25) is 0 Å². The molecule has 2 heterocycles. The third-order valence-corrected chi connectivity index (χ3v) is 4.15. The number of aryl methyl sites for hydroxylation is 2. The number of hydrogen-bond acceptors (Lipinski definition) is 3.